The van der Waals surface area contributed by atoms with Crippen LogP contribution in [0.3, 0.4) is 0 Å². The number of rotatable bonds is 6. The third-order valence-electron chi connectivity index (χ3n) is 6.98. The van der Waals surface area contributed by atoms with Crippen molar-refractivity contribution in [3.8, 4) is 0 Å². The molecule has 0 atom stereocenters. The lowest BCUT2D eigenvalue weighted by Crippen LogP contribution is -2.35. The predicted octanol–water partition coefficient (Wildman–Crippen LogP) is 6.54. The van der Waals surface area contributed by atoms with Gasteiger partial charge < -0.3 is 9.47 Å². The Balaban J connectivity index is 1.59. The average Bonchev–Trinajstić information content (AvgIpc) is 3.00. The SMILES string of the molecule is CCC(C)(C)OCC(=O)N1c2ccccc2CCc2ccc(NC(=O)OC3CCCCC3)cc21. The van der Waals surface area contributed by atoms with E-state index in [0.717, 1.165) is 67.4 Å². The van der Waals surface area contributed by atoms with Gasteiger partial charge in [-0.2, -0.15) is 0 Å². The van der Waals surface area contributed by atoms with E-state index in [4.69, 9.17) is 9.47 Å². The highest BCUT2D eigenvalue weighted by atomic mass is 16.6. The van der Waals surface area contributed by atoms with Crippen LogP contribution in [-0.4, -0.2) is 30.3 Å². The van der Waals surface area contributed by atoms with Crippen LogP contribution in [0.2, 0.25) is 0 Å². The Bertz CT molecular complexity index is 1030. The van der Waals surface area contributed by atoms with Gasteiger partial charge in [0, 0.05) is 5.69 Å². The monoisotopic (exact) mass is 464 g/mol. The molecule has 34 heavy (non-hydrogen) atoms. The highest BCUT2D eigenvalue weighted by Crippen LogP contribution is 2.38. The molecule has 6 heteroatoms. The molecular weight excluding hydrogens is 428 g/mol. The second-order valence-corrected chi connectivity index (χ2v) is 9.89. The third kappa shape index (κ3) is 5.79. The van der Waals surface area contributed by atoms with Crippen LogP contribution >= 0.6 is 0 Å². The van der Waals surface area contributed by atoms with Gasteiger partial charge in [0.2, 0.25) is 0 Å². The van der Waals surface area contributed by atoms with E-state index in [-0.39, 0.29) is 24.2 Å². The topological polar surface area (TPSA) is 67.9 Å². The zero-order valence-corrected chi connectivity index (χ0v) is 20.6. The molecular formula is C28H36N2O4. The minimum Gasteiger partial charge on any atom is -0.446 e. The number of aryl methyl sites for hydroxylation is 2. The highest BCUT2D eigenvalue weighted by molar-refractivity contribution is 6.03. The van der Waals surface area contributed by atoms with E-state index in [9.17, 15) is 9.59 Å². The molecule has 182 valence electrons. The normalized spacial score (nSPS) is 16.3. The Morgan fingerprint density at radius 3 is 2.44 bits per heavy atom. The van der Waals surface area contributed by atoms with Crippen LogP contribution < -0.4 is 10.2 Å². The summed E-state index contributed by atoms with van der Waals surface area (Å²) >= 11 is 0. The smallest absolute Gasteiger partial charge is 0.411 e. The highest BCUT2D eigenvalue weighted by Gasteiger charge is 2.28. The summed E-state index contributed by atoms with van der Waals surface area (Å²) in [7, 11) is 0. The Labute approximate surface area is 202 Å². The standard InChI is InChI=1S/C28H36N2O4/c1-4-28(2,3)33-19-26(31)30-24-13-9-8-10-20(24)14-15-21-16-17-22(18-25(21)30)29-27(32)34-23-11-6-5-7-12-23/h8-10,13,16-18,23H,4-7,11-12,14-15,19H2,1-3H3,(H,29,32). The van der Waals surface area contributed by atoms with Crippen molar-refractivity contribution in [2.24, 2.45) is 0 Å². The van der Waals surface area contributed by atoms with Crippen LogP contribution in [-0.2, 0) is 27.1 Å². The van der Waals surface area contributed by atoms with Crippen molar-refractivity contribution >= 4 is 29.1 Å². The van der Waals surface area contributed by atoms with E-state index in [1.807, 2.05) is 57.2 Å². The van der Waals surface area contributed by atoms with Crippen LogP contribution in [0, 0.1) is 0 Å². The Morgan fingerprint density at radius 2 is 1.71 bits per heavy atom. The summed E-state index contributed by atoms with van der Waals surface area (Å²) < 4.78 is 11.6. The van der Waals surface area contributed by atoms with Crippen molar-refractivity contribution in [2.45, 2.75) is 83.8 Å². The lowest BCUT2D eigenvalue weighted by molar-refractivity contribution is -0.128. The van der Waals surface area contributed by atoms with Gasteiger partial charge in [-0.3, -0.25) is 15.0 Å². The number of nitrogens with one attached hydrogen (secondary N) is 1. The summed E-state index contributed by atoms with van der Waals surface area (Å²) in [5, 5.41) is 2.88. The zero-order valence-electron chi connectivity index (χ0n) is 20.6. The zero-order chi connectivity index (χ0) is 24.1. The quantitative estimate of drug-likeness (QED) is 0.527. The molecule has 1 aliphatic heterocycles. The fourth-order valence-corrected chi connectivity index (χ4v) is 4.57. The van der Waals surface area contributed by atoms with E-state index < -0.39 is 6.09 Å². The summed E-state index contributed by atoms with van der Waals surface area (Å²) in [4.78, 5) is 27.8. The van der Waals surface area contributed by atoms with E-state index in [1.165, 1.54) is 6.42 Å². The molecule has 2 aromatic rings. The van der Waals surface area contributed by atoms with Gasteiger partial charge in [-0.15, -0.1) is 0 Å². The number of hydrogen-bond acceptors (Lipinski definition) is 4. The van der Waals surface area contributed by atoms with Crippen LogP contribution in [0.25, 0.3) is 0 Å². The van der Waals surface area contributed by atoms with E-state index in [1.54, 1.807) is 4.90 Å². The second-order valence-electron chi connectivity index (χ2n) is 9.89. The molecule has 0 radical (unpaired) electrons. The number of carbonyl (C=O) groups is 2. The van der Waals surface area contributed by atoms with Crippen molar-refractivity contribution in [3.05, 3.63) is 53.6 Å². The van der Waals surface area contributed by atoms with Gasteiger partial charge in [0.1, 0.15) is 12.7 Å². The number of para-hydroxylation sites is 1. The number of nitrogens with zero attached hydrogens (tertiary/aromatic N) is 1. The average molecular weight is 465 g/mol. The van der Waals surface area contributed by atoms with Crippen LogP contribution in [0.4, 0.5) is 21.9 Å². The second kappa shape index (κ2) is 10.6. The molecule has 2 amide bonds. The summed E-state index contributed by atoms with van der Waals surface area (Å²) in [5.74, 6) is -0.126. The predicted molar refractivity (Wildman–Crippen MR) is 135 cm³/mol. The molecule has 2 aliphatic rings. The van der Waals surface area contributed by atoms with E-state index in [0.29, 0.717) is 5.69 Å². The number of carbonyl (C=O) groups excluding carboxylic acids is 2. The molecule has 0 aromatic heterocycles. The third-order valence-corrected chi connectivity index (χ3v) is 6.98. The van der Waals surface area contributed by atoms with Gasteiger partial charge in [-0.05, 0) is 88.1 Å². The van der Waals surface area contributed by atoms with Crippen LogP contribution in [0.5, 0.6) is 0 Å². The van der Waals surface area contributed by atoms with Crippen molar-refractivity contribution in [1.29, 1.82) is 0 Å². The number of anilines is 3. The molecule has 0 unspecified atom stereocenters. The fourth-order valence-electron chi connectivity index (χ4n) is 4.57. The summed E-state index contributed by atoms with van der Waals surface area (Å²) in [6.45, 7) is 6.01. The number of amides is 2. The maximum atomic E-state index is 13.5. The number of ether oxygens (including phenoxy) is 2. The minimum absolute atomic E-state index is 0.0152. The van der Waals surface area contributed by atoms with Crippen molar-refractivity contribution in [1.82, 2.24) is 0 Å². The van der Waals surface area contributed by atoms with Gasteiger partial charge in [-0.25, -0.2) is 4.79 Å². The molecule has 1 aliphatic carbocycles. The van der Waals surface area contributed by atoms with E-state index in [2.05, 4.69) is 11.4 Å². The van der Waals surface area contributed by atoms with Gasteiger partial charge in [0.15, 0.2) is 0 Å². The largest absolute Gasteiger partial charge is 0.446 e. The Kier molecular flexibility index (Phi) is 7.57. The summed E-state index contributed by atoms with van der Waals surface area (Å²) in [6.07, 6.45) is 7.26. The van der Waals surface area contributed by atoms with E-state index >= 15 is 0 Å². The lowest BCUT2D eigenvalue weighted by Gasteiger charge is -2.28. The molecule has 1 N–H and O–H groups in total. The summed E-state index contributed by atoms with van der Waals surface area (Å²) in [6, 6.07) is 13.8. The summed E-state index contributed by atoms with van der Waals surface area (Å²) in [5.41, 5.74) is 4.07. The molecule has 2 aromatic carbocycles. The van der Waals surface area contributed by atoms with Gasteiger partial charge in [0.05, 0.1) is 17.0 Å². The molecule has 1 heterocycles. The first-order chi connectivity index (χ1) is 16.4. The molecule has 0 spiro atoms. The van der Waals surface area contributed by atoms with Crippen molar-refractivity contribution in [2.75, 3.05) is 16.8 Å². The number of benzene rings is 2. The van der Waals surface area contributed by atoms with Gasteiger partial charge in [0.25, 0.3) is 5.91 Å². The molecule has 1 saturated carbocycles. The molecule has 0 bridgehead atoms. The van der Waals surface area contributed by atoms with Crippen molar-refractivity contribution in [3.63, 3.8) is 0 Å². The Hall–Kier alpha value is -2.86. The fraction of sp³-hybridized carbons (Fsp3) is 0.500. The minimum atomic E-state index is -0.438. The molecule has 4 rings (SSSR count). The molecule has 1 fully saturated rings. The maximum Gasteiger partial charge on any atom is 0.411 e. The number of hydrogen-bond donors (Lipinski definition) is 1. The Morgan fingerprint density at radius 1 is 1.00 bits per heavy atom. The number of fused-ring (bicyclic) bond motifs is 2. The first-order valence-corrected chi connectivity index (χ1v) is 12.5. The molecule has 0 saturated heterocycles. The maximum absolute atomic E-state index is 13.5. The van der Waals surface area contributed by atoms with Crippen molar-refractivity contribution < 1.29 is 19.1 Å². The molecule has 6 nitrogen and oxygen atoms in total. The van der Waals surface area contributed by atoms with Gasteiger partial charge in [-0.1, -0.05) is 37.6 Å². The first kappa shape index (κ1) is 24.3. The van der Waals surface area contributed by atoms with Crippen LogP contribution in [0.15, 0.2) is 42.5 Å². The van der Waals surface area contributed by atoms with Gasteiger partial charge >= 0.3 is 6.09 Å². The van der Waals surface area contributed by atoms with Crippen LogP contribution in [0.1, 0.15) is 70.4 Å². The lowest BCUT2D eigenvalue weighted by atomic mass is 9.98. The first-order valence-electron chi connectivity index (χ1n) is 12.5.